The van der Waals surface area contributed by atoms with Crippen LogP contribution in [-0.4, -0.2) is 28.9 Å². The van der Waals surface area contributed by atoms with Crippen LogP contribution >= 0.6 is 15.9 Å². The van der Waals surface area contributed by atoms with Gasteiger partial charge < -0.3 is 14.6 Å². The minimum atomic E-state index is -0.720. The summed E-state index contributed by atoms with van der Waals surface area (Å²) in [4.78, 5) is 22.2. The molecule has 2 N–H and O–H groups in total. The molecule has 1 heterocycles. The van der Waals surface area contributed by atoms with Gasteiger partial charge in [-0.2, -0.15) is 5.10 Å². The zero-order valence-corrected chi connectivity index (χ0v) is 14.0. The number of hydrogen-bond acceptors (Lipinski definition) is 7. The molecule has 3 rings (SSSR count). The third-order valence-corrected chi connectivity index (χ3v) is 3.74. The van der Waals surface area contributed by atoms with Crippen molar-refractivity contribution in [1.29, 1.82) is 0 Å². The quantitative estimate of drug-likeness (QED) is 0.455. The van der Waals surface area contributed by atoms with Crippen molar-refractivity contribution >= 4 is 33.7 Å². The number of aromatic hydroxyl groups is 1. The number of amides is 1. The van der Waals surface area contributed by atoms with E-state index < -0.39 is 22.3 Å². The lowest BCUT2D eigenvalue weighted by molar-refractivity contribution is -0.385. The summed E-state index contributed by atoms with van der Waals surface area (Å²) in [5.41, 5.74) is 2.17. The highest BCUT2D eigenvalue weighted by molar-refractivity contribution is 9.10. The summed E-state index contributed by atoms with van der Waals surface area (Å²) in [6.45, 7) is 0.0967. The van der Waals surface area contributed by atoms with Crippen molar-refractivity contribution in [2.45, 2.75) is 0 Å². The number of hydrazone groups is 1. The number of carbonyl (C=O) groups is 1. The summed E-state index contributed by atoms with van der Waals surface area (Å²) < 4.78 is 10.7. The molecule has 0 radical (unpaired) electrons. The highest BCUT2D eigenvalue weighted by Crippen LogP contribution is 2.33. The summed E-state index contributed by atoms with van der Waals surface area (Å²) in [6, 6.07) is 7.25. The molecule has 0 atom stereocenters. The van der Waals surface area contributed by atoms with Crippen LogP contribution < -0.4 is 14.9 Å². The molecule has 0 spiro atoms. The monoisotopic (exact) mass is 407 g/mol. The smallest absolute Gasteiger partial charge is 0.312 e. The summed E-state index contributed by atoms with van der Waals surface area (Å²) in [7, 11) is 0. The molecule has 0 aliphatic carbocycles. The van der Waals surface area contributed by atoms with Crippen LogP contribution in [0.1, 0.15) is 15.9 Å². The Bertz CT molecular complexity index is 899. The molecule has 0 unspecified atom stereocenters. The van der Waals surface area contributed by atoms with Gasteiger partial charge in [0.2, 0.25) is 12.5 Å². The van der Waals surface area contributed by atoms with Gasteiger partial charge in [0.15, 0.2) is 11.5 Å². The maximum absolute atomic E-state index is 12.1. The molecule has 9 nitrogen and oxygen atoms in total. The maximum Gasteiger partial charge on any atom is 0.312 e. The van der Waals surface area contributed by atoms with E-state index in [1.54, 1.807) is 12.1 Å². The zero-order chi connectivity index (χ0) is 18.0. The lowest BCUT2D eigenvalue weighted by Gasteiger charge is -2.03. The molecule has 0 aromatic heterocycles. The highest BCUT2D eigenvalue weighted by Gasteiger charge is 2.18. The molecule has 0 bridgehead atoms. The van der Waals surface area contributed by atoms with Crippen LogP contribution in [-0.2, 0) is 0 Å². The number of nitrogens with zero attached hydrogens (tertiary/aromatic N) is 2. The van der Waals surface area contributed by atoms with Crippen molar-refractivity contribution in [3.63, 3.8) is 0 Å². The van der Waals surface area contributed by atoms with Gasteiger partial charge in [-0.1, -0.05) is 15.9 Å². The second kappa shape index (κ2) is 6.77. The van der Waals surface area contributed by atoms with Crippen LogP contribution in [0.3, 0.4) is 0 Å². The van der Waals surface area contributed by atoms with Crippen molar-refractivity contribution < 1.29 is 24.3 Å². The molecular formula is C15H10BrN3O6. The Hall–Kier alpha value is -3.14. The Labute approximate surface area is 149 Å². The summed E-state index contributed by atoms with van der Waals surface area (Å²) in [5.74, 6) is -0.0591. The molecule has 1 amide bonds. The predicted octanol–water partition coefficient (Wildman–Crippen LogP) is 2.56. The predicted molar refractivity (Wildman–Crippen MR) is 90.1 cm³/mol. The van der Waals surface area contributed by atoms with Crippen LogP contribution in [0.5, 0.6) is 17.2 Å². The minimum Gasteiger partial charge on any atom is -0.502 e. The van der Waals surface area contributed by atoms with E-state index in [4.69, 9.17) is 9.47 Å². The Morgan fingerprint density at radius 2 is 2.08 bits per heavy atom. The number of nitro benzene ring substituents is 1. The first-order valence-corrected chi connectivity index (χ1v) is 7.65. The fraction of sp³-hybridized carbons (Fsp3) is 0.0667. The molecular weight excluding hydrogens is 398 g/mol. The SMILES string of the molecule is O=C(N/N=C\c1cc(Br)cc([N+](=O)[O-])c1O)c1ccc2c(c1)OCO2. The molecule has 25 heavy (non-hydrogen) atoms. The molecule has 1 aliphatic rings. The fourth-order valence-corrected chi connectivity index (χ4v) is 2.57. The Morgan fingerprint density at radius 3 is 2.84 bits per heavy atom. The van der Waals surface area contributed by atoms with Crippen LogP contribution in [0.15, 0.2) is 39.9 Å². The van der Waals surface area contributed by atoms with Crippen molar-refractivity contribution in [3.05, 3.63) is 56.0 Å². The Balaban J connectivity index is 1.75. The first-order chi connectivity index (χ1) is 12.0. The lowest BCUT2D eigenvalue weighted by Crippen LogP contribution is -2.17. The van der Waals surface area contributed by atoms with Crippen molar-refractivity contribution in [1.82, 2.24) is 5.43 Å². The molecule has 128 valence electrons. The van der Waals surface area contributed by atoms with E-state index >= 15 is 0 Å². The second-order valence-electron chi connectivity index (χ2n) is 4.89. The van der Waals surface area contributed by atoms with E-state index in [1.807, 2.05) is 0 Å². The summed E-state index contributed by atoms with van der Waals surface area (Å²) in [6.07, 6.45) is 1.11. The number of fused-ring (bicyclic) bond motifs is 1. The molecule has 10 heteroatoms. The number of carbonyl (C=O) groups excluding carboxylic acids is 1. The Morgan fingerprint density at radius 1 is 1.32 bits per heavy atom. The van der Waals surface area contributed by atoms with Crippen LogP contribution in [0.2, 0.25) is 0 Å². The third-order valence-electron chi connectivity index (χ3n) is 3.29. The fourth-order valence-electron chi connectivity index (χ4n) is 2.11. The van der Waals surface area contributed by atoms with Crippen molar-refractivity contribution in [2.75, 3.05) is 6.79 Å². The van der Waals surface area contributed by atoms with E-state index in [2.05, 4.69) is 26.5 Å². The first-order valence-electron chi connectivity index (χ1n) is 6.85. The molecule has 0 saturated carbocycles. The average Bonchev–Trinajstić information content (AvgIpc) is 3.04. The Kier molecular flexibility index (Phi) is 4.52. The number of nitro groups is 1. The van der Waals surface area contributed by atoms with E-state index in [1.165, 1.54) is 12.1 Å². The van der Waals surface area contributed by atoms with Crippen LogP contribution in [0, 0.1) is 10.1 Å². The van der Waals surface area contributed by atoms with Gasteiger partial charge in [0, 0.05) is 21.7 Å². The normalized spacial score (nSPS) is 12.4. The maximum atomic E-state index is 12.1. The van der Waals surface area contributed by atoms with E-state index in [-0.39, 0.29) is 12.4 Å². The van der Waals surface area contributed by atoms with E-state index in [9.17, 15) is 20.0 Å². The van der Waals surface area contributed by atoms with Crippen molar-refractivity contribution in [3.8, 4) is 17.2 Å². The largest absolute Gasteiger partial charge is 0.502 e. The zero-order valence-electron chi connectivity index (χ0n) is 12.4. The average molecular weight is 408 g/mol. The molecule has 2 aromatic rings. The summed E-state index contributed by atoms with van der Waals surface area (Å²) in [5, 5.41) is 24.5. The minimum absolute atomic E-state index is 0.0760. The number of phenols is 1. The number of rotatable bonds is 4. The van der Waals surface area contributed by atoms with Gasteiger partial charge in [0.1, 0.15) is 0 Å². The van der Waals surface area contributed by atoms with Gasteiger partial charge >= 0.3 is 5.69 Å². The van der Waals surface area contributed by atoms with Gasteiger partial charge in [-0.15, -0.1) is 0 Å². The lowest BCUT2D eigenvalue weighted by atomic mass is 10.2. The van der Waals surface area contributed by atoms with Gasteiger partial charge in [0.25, 0.3) is 5.91 Å². The first kappa shape index (κ1) is 16.7. The molecule has 1 aliphatic heterocycles. The van der Waals surface area contributed by atoms with E-state index in [0.29, 0.717) is 21.5 Å². The van der Waals surface area contributed by atoms with Gasteiger partial charge in [-0.25, -0.2) is 5.43 Å². The number of halogens is 1. The van der Waals surface area contributed by atoms with Gasteiger partial charge in [-0.05, 0) is 24.3 Å². The van der Waals surface area contributed by atoms with Crippen molar-refractivity contribution in [2.24, 2.45) is 5.10 Å². The standard InChI is InChI=1S/C15H10BrN3O6/c16-10-3-9(14(20)11(5-10)19(22)23)6-17-18-15(21)8-1-2-12-13(4-8)25-7-24-12/h1-6,20H,7H2,(H,18,21)/b17-6-. The van der Waals surface area contributed by atoms with E-state index in [0.717, 1.165) is 12.3 Å². The molecule has 0 fully saturated rings. The highest BCUT2D eigenvalue weighted by atomic mass is 79.9. The van der Waals surface area contributed by atoms with Gasteiger partial charge in [-0.3, -0.25) is 14.9 Å². The number of nitrogens with one attached hydrogen (secondary N) is 1. The van der Waals surface area contributed by atoms with Crippen LogP contribution in [0.4, 0.5) is 5.69 Å². The van der Waals surface area contributed by atoms with Crippen LogP contribution in [0.25, 0.3) is 0 Å². The summed E-state index contributed by atoms with van der Waals surface area (Å²) >= 11 is 3.11. The number of hydrogen-bond donors (Lipinski definition) is 2. The number of phenolic OH excluding ortho intramolecular Hbond substituents is 1. The molecule has 0 saturated heterocycles. The topological polar surface area (TPSA) is 123 Å². The van der Waals surface area contributed by atoms with Gasteiger partial charge in [0.05, 0.1) is 11.1 Å². The number of ether oxygens (including phenoxy) is 2. The number of benzene rings is 2. The molecule has 2 aromatic carbocycles. The third kappa shape index (κ3) is 3.53. The second-order valence-corrected chi connectivity index (χ2v) is 5.80.